The van der Waals surface area contributed by atoms with E-state index in [1.165, 1.54) is 12.3 Å². The molecule has 66 valence electrons. The lowest BCUT2D eigenvalue weighted by atomic mass is 10.1. The van der Waals surface area contributed by atoms with Gasteiger partial charge in [0.15, 0.2) is 11.6 Å². The molecule has 2 rings (SSSR count). The maximum Gasteiger partial charge on any atom is 0.159 e. The zero-order chi connectivity index (χ0) is 9.26. The van der Waals surface area contributed by atoms with Gasteiger partial charge in [-0.05, 0) is 18.2 Å². The van der Waals surface area contributed by atoms with Gasteiger partial charge in [0.05, 0.1) is 0 Å². The quantitative estimate of drug-likeness (QED) is 0.675. The van der Waals surface area contributed by atoms with Crippen molar-refractivity contribution in [2.75, 3.05) is 0 Å². The molecule has 0 N–H and O–H groups in total. The SMILES string of the molecule is Fc1ccc(-c2ccon2)cc1F. The molecule has 1 aromatic carbocycles. The maximum absolute atomic E-state index is 12.7. The van der Waals surface area contributed by atoms with Crippen molar-refractivity contribution >= 4 is 0 Å². The first kappa shape index (κ1) is 7.91. The van der Waals surface area contributed by atoms with Gasteiger partial charge in [0, 0.05) is 11.6 Å². The van der Waals surface area contributed by atoms with Gasteiger partial charge < -0.3 is 4.52 Å². The second-order valence-electron chi connectivity index (χ2n) is 2.51. The molecule has 0 saturated heterocycles. The minimum absolute atomic E-state index is 0.485. The molecule has 13 heavy (non-hydrogen) atoms. The van der Waals surface area contributed by atoms with E-state index in [0.717, 1.165) is 12.1 Å². The van der Waals surface area contributed by atoms with E-state index < -0.39 is 11.6 Å². The van der Waals surface area contributed by atoms with Crippen LogP contribution >= 0.6 is 0 Å². The molecule has 1 aromatic heterocycles. The molecule has 0 unspecified atom stereocenters. The van der Waals surface area contributed by atoms with Crippen LogP contribution in [0.5, 0.6) is 0 Å². The summed E-state index contributed by atoms with van der Waals surface area (Å²) in [6.45, 7) is 0. The Morgan fingerprint density at radius 2 is 1.92 bits per heavy atom. The highest BCUT2D eigenvalue weighted by atomic mass is 19.2. The highest BCUT2D eigenvalue weighted by molar-refractivity contribution is 5.57. The van der Waals surface area contributed by atoms with E-state index in [-0.39, 0.29) is 0 Å². The van der Waals surface area contributed by atoms with Crippen LogP contribution < -0.4 is 0 Å². The number of aromatic nitrogens is 1. The summed E-state index contributed by atoms with van der Waals surface area (Å²) in [6, 6.07) is 5.15. The summed E-state index contributed by atoms with van der Waals surface area (Å²) in [5, 5.41) is 3.59. The topological polar surface area (TPSA) is 26.0 Å². The molecular weight excluding hydrogens is 176 g/mol. The predicted octanol–water partition coefficient (Wildman–Crippen LogP) is 2.62. The Labute approximate surface area is 72.8 Å². The van der Waals surface area contributed by atoms with Crippen LogP contribution in [0.4, 0.5) is 8.78 Å². The van der Waals surface area contributed by atoms with Crippen molar-refractivity contribution in [3.8, 4) is 11.3 Å². The van der Waals surface area contributed by atoms with Gasteiger partial charge in [-0.1, -0.05) is 5.16 Å². The molecule has 0 radical (unpaired) electrons. The van der Waals surface area contributed by atoms with Crippen LogP contribution in [0.2, 0.25) is 0 Å². The highest BCUT2D eigenvalue weighted by Crippen LogP contribution is 2.19. The van der Waals surface area contributed by atoms with Crippen molar-refractivity contribution in [3.63, 3.8) is 0 Å². The van der Waals surface area contributed by atoms with Crippen LogP contribution in [0.25, 0.3) is 11.3 Å². The van der Waals surface area contributed by atoms with Crippen molar-refractivity contribution in [2.24, 2.45) is 0 Å². The van der Waals surface area contributed by atoms with E-state index >= 15 is 0 Å². The second-order valence-corrected chi connectivity index (χ2v) is 2.51. The Morgan fingerprint density at radius 3 is 2.54 bits per heavy atom. The lowest BCUT2D eigenvalue weighted by molar-refractivity contribution is 0.422. The van der Waals surface area contributed by atoms with Gasteiger partial charge in [-0.2, -0.15) is 0 Å². The number of rotatable bonds is 1. The third-order valence-electron chi connectivity index (χ3n) is 1.65. The number of hydrogen-bond donors (Lipinski definition) is 0. The van der Waals surface area contributed by atoms with Gasteiger partial charge in [0.1, 0.15) is 12.0 Å². The Hall–Kier alpha value is -1.71. The van der Waals surface area contributed by atoms with E-state index in [0.29, 0.717) is 11.3 Å². The van der Waals surface area contributed by atoms with Crippen LogP contribution in [-0.2, 0) is 0 Å². The fraction of sp³-hybridized carbons (Fsp3) is 0. The van der Waals surface area contributed by atoms with Crippen molar-refractivity contribution in [1.82, 2.24) is 5.16 Å². The van der Waals surface area contributed by atoms with Crippen LogP contribution in [-0.4, -0.2) is 5.16 Å². The highest BCUT2D eigenvalue weighted by Gasteiger charge is 2.05. The first-order chi connectivity index (χ1) is 6.27. The molecule has 0 aliphatic rings. The molecule has 0 bridgehead atoms. The van der Waals surface area contributed by atoms with Gasteiger partial charge in [0.2, 0.25) is 0 Å². The first-order valence-electron chi connectivity index (χ1n) is 3.63. The maximum atomic E-state index is 12.7. The molecule has 1 heterocycles. The molecule has 0 aliphatic carbocycles. The summed E-state index contributed by atoms with van der Waals surface area (Å²) in [7, 11) is 0. The Kier molecular flexibility index (Phi) is 1.81. The van der Waals surface area contributed by atoms with Gasteiger partial charge in [-0.25, -0.2) is 8.78 Å². The third kappa shape index (κ3) is 1.42. The molecule has 0 aliphatic heterocycles. The zero-order valence-corrected chi connectivity index (χ0v) is 6.50. The van der Waals surface area contributed by atoms with Crippen LogP contribution in [0, 0.1) is 11.6 Å². The summed E-state index contributed by atoms with van der Waals surface area (Å²) < 4.78 is 29.8. The first-order valence-corrected chi connectivity index (χ1v) is 3.63. The lowest BCUT2D eigenvalue weighted by Crippen LogP contribution is -1.84. The van der Waals surface area contributed by atoms with E-state index in [1.54, 1.807) is 6.07 Å². The molecule has 2 nitrogen and oxygen atoms in total. The molecule has 2 aromatic rings. The molecule has 0 spiro atoms. The number of halogens is 2. The third-order valence-corrected chi connectivity index (χ3v) is 1.65. The minimum atomic E-state index is -0.888. The lowest BCUT2D eigenvalue weighted by Gasteiger charge is -1.95. The zero-order valence-electron chi connectivity index (χ0n) is 6.50. The summed E-state index contributed by atoms with van der Waals surface area (Å²) in [4.78, 5) is 0. The smallest absolute Gasteiger partial charge is 0.159 e. The summed E-state index contributed by atoms with van der Waals surface area (Å²) >= 11 is 0. The summed E-state index contributed by atoms with van der Waals surface area (Å²) in [5.74, 6) is -1.76. The van der Waals surface area contributed by atoms with Crippen molar-refractivity contribution < 1.29 is 13.3 Å². The van der Waals surface area contributed by atoms with Gasteiger partial charge in [-0.3, -0.25) is 0 Å². The average Bonchev–Trinajstić information content (AvgIpc) is 2.62. The van der Waals surface area contributed by atoms with Gasteiger partial charge in [0.25, 0.3) is 0 Å². The molecule has 4 heteroatoms. The summed E-state index contributed by atoms with van der Waals surface area (Å²) in [6.07, 6.45) is 1.37. The van der Waals surface area contributed by atoms with E-state index in [1.807, 2.05) is 0 Å². The molecular formula is C9H5F2NO. The molecule has 0 fully saturated rings. The van der Waals surface area contributed by atoms with Crippen LogP contribution in [0.1, 0.15) is 0 Å². The van der Waals surface area contributed by atoms with Gasteiger partial charge in [-0.15, -0.1) is 0 Å². The van der Waals surface area contributed by atoms with E-state index in [9.17, 15) is 8.78 Å². The van der Waals surface area contributed by atoms with E-state index in [2.05, 4.69) is 9.68 Å². The monoisotopic (exact) mass is 181 g/mol. The standard InChI is InChI=1S/C9H5F2NO/c10-7-2-1-6(5-8(7)11)9-3-4-13-12-9/h1-5H. The minimum Gasteiger partial charge on any atom is -0.364 e. The Bertz CT molecular complexity index is 412. The Balaban J connectivity index is 2.49. The van der Waals surface area contributed by atoms with Gasteiger partial charge >= 0.3 is 0 Å². The molecule has 0 atom stereocenters. The fourth-order valence-electron chi connectivity index (χ4n) is 1.02. The molecule has 0 saturated carbocycles. The number of nitrogens with zero attached hydrogens (tertiary/aromatic N) is 1. The van der Waals surface area contributed by atoms with Crippen LogP contribution in [0.15, 0.2) is 35.1 Å². The second kappa shape index (κ2) is 2.97. The normalized spacial score (nSPS) is 10.3. The molecule has 0 amide bonds. The van der Waals surface area contributed by atoms with Crippen molar-refractivity contribution in [2.45, 2.75) is 0 Å². The van der Waals surface area contributed by atoms with E-state index in [4.69, 9.17) is 0 Å². The largest absolute Gasteiger partial charge is 0.364 e. The number of hydrogen-bond acceptors (Lipinski definition) is 2. The average molecular weight is 181 g/mol. The summed E-state index contributed by atoms with van der Waals surface area (Å²) in [5.41, 5.74) is 0.978. The predicted molar refractivity (Wildman–Crippen MR) is 41.9 cm³/mol. The fourth-order valence-corrected chi connectivity index (χ4v) is 1.02. The van der Waals surface area contributed by atoms with Crippen LogP contribution in [0.3, 0.4) is 0 Å². The number of benzene rings is 1. The van der Waals surface area contributed by atoms with Crippen molar-refractivity contribution in [1.29, 1.82) is 0 Å². The van der Waals surface area contributed by atoms with Crippen molar-refractivity contribution in [3.05, 3.63) is 42.2 Å². The Morgan fingerprint density at radius 1 is 1.08 bits per heavy atom.